The van der Waals surface area contributed by atoms with E-state index < -0.39 is 10.0 Å². The molecule has 37 heavy (non-hydrogen) atoms. The van der Waals surface area contributed by atoms with Crippen molar-refractivity contribution in [2.75, 3.05) is 45.2 Å². The number of hydrogen-bond donors (Lipinski definition) is 0. The van der Waals surface area contributed by atoms with Gasteiger partial charge in [-0.25, -0.2) is 13.4 Å². The molecule has 3 rings (SSSR count). The maximum absolute atomic E-state index is 13.6. The van der Waals surface area contributed by atoms with Gasteiger partial charge in [-0.15, -0.1) is 12.4 Å². The molecule has 1 heterocycles. The van der Waals surface area contributed by atoms with Gasteiger partial charge in [0.1, 0.15) is 0 Å². The molecule has 0 fully saturated rings. The van der Waals surface area contributed by atoms with Crippen LogP contribution in [-0.2, 0) is 10.0 Å². The molecular formula is C27H39ClN4O3S2. The minimum absolute atomic E-state index is 0. The van der Waals surface area contributed by atoms with Gasteiger partial charge in [-0.3, -0.25) is 9.69 Å². The van der Waals surface area contributed by atoms with Crippen molar-refractivity contribution in [3.63, 3.8) is 0 Å². The average molecular weight is 567 g/mol. The molecular weight excluding hydrogens is 528 g/mol. The molecule has 0 N–H and O–H groups in total. The van der Waals surface area contributed by atoms with E-state index in [4.69, 9.17) is 4.98 Å². The number of amides is 1. The summed E-state index contributed by atoms with van der Waals surface area (Å²) in [6.45, 7) is 8.32. The second-order valence-electron chi connectivity index (χ2n) is 9.36. The van der Waals surface area contributed by atoms with Crippen molar-refractivity contribution < 1.29 is 13.2 Å². The highest BCUT2D eigenvalue weighted by atomic mass is 35.5. The third-order valence-electron chi connectivity index (χ3n) is 6.04. The minimum atomic E-state index is -3.61. The number of benzene rings is 2. The molecule has 0 saturated carbocycles. The summed E-state index contributed by atoms with van der Waals surface area (Å²) in [4.78, 5) is 22.3. The number of thiazole rings is 1. The van der Waals surface area contributed by atoms with E-state index in [2.05, 4.69) is 19.9 Å². The number of rotatable bonds is 13. The Bertz CT molecular complexity index is 1250. The molecule has 1 aromatic heterocycles. The fourth-order valence-corrected chi connectivity index (χ4v) is 6.42. The first-order valence-electron chi connectivity index (χ1n) is 12.6. The molecule has 7 nitrogen and oxygen atoms in total. The summed E-state index contributed by atoms with van der Waals surface area (Å²) in [5, 5.41) is 0.643. The van der Waals surface area contributed by atoms with Gasteiger partial charge in [-0.05, 0) is 75.8 Å². The highest BCUT2D eigenvalue weighted by molar-refractivity contribution is 7.89. The first kappa shape index (κ1) is 31.2. The lowest BCUT2D eigenvalue weighted by Crippen LogP contribution is -2.37. The minimum Gasteiger partial charge on any atom is -0.308 e. The molecule has 0 unspecified atom stereocenters. The standard InChI is InChI=1S/C27H38N4O3S2.ClH/c1-6-8-16-30(17-9-7-2)36(33,34)23-13-11-22(12-14-23)26(32)31(19-18-29(4)5)27-28-24-15-10-21(3)20-25(24)35-27;/h10-15,20H,6-9,16-19H2,1-5H3;1H. The lowest BCUT2D eigenvalue weighted by molar-refractivity contribution is 0.0985. The quantitative estimate of drug-likeness (QED) is 0.260. The van der Waals surface area contributed by atoms with E-state index in [1.807, 2.05) is 38.1 Å². The maximum Gasteiger partial charge on any atom is 0.260 e. The summed E-state index contributed by atoms with van der Waals surface area (Å²) in [6, 6.07) is 12.4. The van der Waals surface area contributed by atoms with Crippen LogP contribution in [-0.4, -0.2) is 68.8 Å². The van der Waals surface area contributed by atoms with E-state index in [0.29, 0.717) is 36.9 Å². The first-order valence-corrected chi connectivity index (χ1v) is 14.9. The molecule has 0 aliphatic heterocycles. The van der Waals surface area contributed by atoms with Crippen LogP contribution in [0.2, 0.25) is 0 Å². The van der Waals surface area contributed by atoms with Crippen molar-refractivity contribution in [2.24, 2.45) is 0 Å². The maximum atomic E-state index is 13.6. The third-order valence-corrected chi connectivity index (χ3v) is 8.99. The predicted octanol–water partition coefficient (Wildman–Crippen LogP) is 5.83. The zero-order valence-corrected chi connectivity index (χ0v) is 24.9. The Kier molecular flexibility index (Phi) is 12.0. The highest BCUT2D eigenvalue weighted by Gasteiger charge is 2.25. The zero-order valence-electron chi connectivity index (χ0n) is 22.4. The number of hydrogen-bond acceptors (Lipinski definition) is 6. The Morgan fingerprint density at radius 1 is 0.919 bits per heavy atom. The van der Waals surface area contributed by atoms with Gasteiger partial charge in [-0.1, -0.05) is 44.1 Å². The van der Waals surface area contributed by atoms with Crippen LogP contribution in [0.25, 0.3) is 10.2 Å². The van der Waals surface area contributed by atoms with Gasteiger partial charge >= 0.3 is 0 Å². The fourth-order valence-electron chi connectivity index (χ4n) is 3.81. The van der Waals surface area contributed by atoms with E-state index in [-0.39, 0.29) is 23.2 Å². The molecule has 0 atom stereocenters. The number of fused-ring (bicyclic) bond motifs is 1. The average Bonchev–Trinajstić information content (AvgIpc) is 3.26. The van der Waals surface area contributed by atoms with Crippen LogP contribution in [0.5, 0.6) is 0 Å². The molecule has 3 aromatic rings. The Morgan fingerprint density at radius 2 is 1.54 bits per heavy atom. The summed E-state index contributed by atoms with van der Waals surface area (Å²) in [5.74, 6) is -0.189. The van der Waals surface area contributed by atoms with Gasteiger partial charge in [0.25, 0.3) is 5.91 Å². The zero-order chi connectivity index (χ0) is 26.3. The van der Waals surface area contributed by atoms with E-state index in [0.717, 1.165) is 41.5 Å². The molecule has 2 aromatic carbocycles. The number of carbonyl (C=O) groups excluding carboxylic acids is 1. The monoisotopic (exact) mass is 566 g/mol. The molecule has 1 amide bonds. The van der Waals surface area contributed by atoms with Gasteiger partial charge < -0.3 is 4.90 Å². The number of halogens is 1. The van der Waals surface area contributed by atoms with Crippen LogP contribution in [0.15, 0.2) is 47.4 Å². The normalized spacial score (nSPS) is 11.8. The first-order chi connectivity index (χ1) is 17.2. The largest absolute Gasteiger partial charge is 0.308 e. The number of anilines is 1. The lowest BCUT2D eigenvalue weighted by atomic mass is 10.2. The molecule has 0 spiro atoms. The number of aryl methyl sites for hydroxylation is 1. The number of carbonyl (C=O) groups is 1. The van der Waals surface area contributed by atoms with Crippen LogP contribution in [0.1, 0.15) is 55.5 Å². The molecule has 10 heteroatoms. The third kappa shape index (κ3) is 7.97. The Balaban J connectivity index is 0.00000481. The summed E-state index contributed by atoms with van der Waals surface area (Å²) in [6.07, 6.45) is 3.50. The number of likely N-dealkylation sites (N-methyl/N-ethyl adjacent to an activating group) is 1. The number of aromatic nitrogens is 1. The summed E-state index contributed by atoms with van der Waals surface area (Å²) < 4.78 is 29.2. The van der Waals surface area contributed by atoms with Gasteiger partial charge in [0.2, 0.25) is 10.0 Å². The van der Waals surface area contributed by atoms with Crippen LogP contribution < -0.4 is 4.90 Å². The summed E-state index contributed by atoms with van der Waals surface area (Å²) in [7, 11) is 0.318. The van der Waals surface area contributed by atoms with E-state index in [1.165, 1.54) is 11.3 Å². The highest BCUT2D eigenvalue weighted by Crippen LogP contribution is 2.30. The van der Waals surface area contributed by atoms with Crippen molar-refractivity contribution in [3.05, 3.63) is 53.6 Å². The second kappa shape index (κ2) is 14.2. The molecule has 204 valence electrons. The van der Waals surface area contributed by atoms with Crippen molar-refractivity contribution in [1.29, 1.82) is 0 Å². The molecule has 0 radical (unpaired) electrons. The molecule has 0 saturated heterocycles. The van der Waals surface area contributed by atoms with E-state index in [9.17, 15) is 13.2 Å². The fraction of sp³-hybridized carbons (Fsp3) is 0.481. The molecule has 0 aliphatic carbocycles. The molecule has 0 aliphatic rings. The van der Waals surface area contributed by atoms with Crippen molar-refractivity contribution in [2.45, 2.75) is 51.3 Å². The van der Waals surface area contributed by atoms with Crippen LogP contribution >= 0.6 is 23.7 Å². The predicted molar refractivity (Wildman–Crippen MR) is 157 cm³/mol. The lowest BCUT2D eigenvalue weighted by Gasteiger charge is -2.23. The Morgan fingerprint density at radius 3 is 2.11 bits per heavy atom. The van der Waals surface area contributed by atoms with Crippen LogP contribution in [0.3, 0.4) is 0 Å². The van der Waals surface area contributed by atoms with E-state index in [1.54, 1.807) is 33.5 Å². The summed E-state index contributed by atoms with van der Waals surface area (Å²) in [5.41, 5.74) is 2.45. The Hall–Kier alpha value is -2.04. The van der Waals surface area contributed by atoms with Crippen molar-refractivity contribution >= 4 is 55.0 Å². The van der Waals surface area contributed by atoms with Crippen molar-refractivity contribution in [3.8, 4) is 0 Å². The van der Waals surface area contributed by atoms with Crippen LogP contribution in [0.4, 0.5) is 5.13 Å². The summed E-state index contributed by atoms with van der Waals surface area (Å²) >= 11 is 1.49. The van der Waals surface area contributed by atoms with Gasteiger partial charge in [-0.2, -0.15) is 4.31 Å². The van der Waals surface area contributed by atoms with Gasteiger partial charge in [0.05, 0.1) is 15.1 Å². The number of nitrogens with zero attached hydrogens (tertiary/aromatic N) is 4. The SMILES string of the molecule is CCCCN(CCCC)S(=O)(=O)c1ccc(C(=O)N(CCN(C)C)c2nc3ccc(C)cc3s2)cc1.Cl. The molecule has 0 bridgehead atoms. The van der Waals surface area contributed by atoms with Crippen LogP contribution in [0, 0.1) is 6.92 Å². The van der Waals surface area contributed by atoms with Gasteiger partial charge in [0.15, 0.2) is 5.13 Å². The second-order valence-corrected chi connectivity index (χ2v) is 12.3. The Labute approximate surface area is 231 Å². The van der Waals surface area contributed by atoms with E-state index >= 15 is 0 Å². The topological polar surface area (TPSA) is 73.8 Å². The smallest absolute Gasteiger partial charge is 0.260 e. The number of sulfonamides is 1. The van der Waals surface area contributed by atoms with Crippen molar-refractivity contribution in [1.82, 2.24) is 14.2 Å². The van der Waals surface area contributed by atoms with Gasteiger partial charge in [0, 0.05) is 31.7 Å². The number of unbranched alkanes of at least 4 members (excludes halogenated alkanes) is 2.